The summed E-state index contributed by atoms with van der Waals surface area (Å²) < 4.78 is 102. The van der Waals surface area contributed by atoms with Gasteiger partial charge in [0.15, 0.2) is 5.82 Å². The zero-order chi connectivity index (χ0) is 31.2. The molecule has 0 spiro atoms. The molecule has 0 saturated heterocycles. The first-order chi connectivity index (χ1) is 19.4. The summed E-state index contributed by atoms with van der Waals surface area (Å²) in [6.45, 7) is 5.05. The van der Waals surface area contributed by atoms with E-state index in [1.54, 1.807) is 20.8 Å². The molecule has 4 rings (SSSR count). The van der Waals surface area contributed by atoms with Gasteiger partial charge in [0.25, 0.3) is 0 Å². The average Bonchev–Trinajstić information content (AvgIpc) is 3.31. The van der Waals surface area contributed by atoms with Crippen LogP contribution < -0.4 is 10.1 Å². The number of ether oxygens (including phenoxy) is 1. The highest BCUT2D eigenvalue weighted by Gasteiger charge is 2.36. The second kappa shape index (κ2) is 11.1. The summed E-state index contributed by atoms with van der Waals surface area (Å²) in [6.07, 6.45) is -4.29. The number of sulfone groups is 1. The smallest absolute Gasteiger partial charge is 0.419 e. The molecule has 0 radical (unpaired) electrons. The normalized spacial score (nSPS) is 12.3. The molecule has 0 aliphatic carbocycles. The van der Waals surface area contributed by atoms with E-state index in [9.17, 15) is 30.8 Å². The fraction of sp³-hybridized carbons (Fsp3) is 0.200. The first-order valence-electron chi connectivity index (χ1n) is 11.5. The monoisotopic (exact) mass is 648 g/mol. The maximum Gasteiger partial charge on any atom is 0.419 e. The number of halogens is 6. The van der Waals surface area contributed by atoms with Gasteiger partial charge in [-0.3, -0.25) is 5.32 Å². The largest absolute Gasteiger partial charge is 0.465 e. The summed E-state index contributed by atoms with van der Waals surface area (Å²) in [6, 6.07) is 3.43. The Balaban J connectivity index is 1.81. The second-order valence-corrected chi connectivity index (χ2v) is 13.1. The number of hydrogen-bond acceptors (Lipinski definition) is 8. The first-order valence-corrected chi connectivity index (χ1v) is 14.2. The molecule has 0 aliphatic rings. The van der Waals surface area contributed by atoms with E-state index < -0.39 is 70.5 Å². The van der Waals surface area contributed by atoms with Crippen LogP contribution in [0.4, 0.5) is 32.6 Å². The maximum atomic E-state index is 15.3. The molecule has 42 heavy (non-hydrogen) atoms. The summed E-state index contributed by atoms with van der Waals surface area (Å²) in [4.78, 5) is 14.4. The van der Waals surface area contributed by atoms with Crippen LogP contribution >= 0.6 is 22.9 Å². The van der Waals surface area contributed by atoms with Gasteiger partial charge >= 0.3 is 12.3 Å². The summed E-state index contributed by atoms with van der Waals surface area (Å²) in [5.74, 6) is -4.44. The third-order valence-electron chi connectivity index (χ3n) is 5.51. The Bertz CT molecular complexity index is 1790. The summed E-state index contributed by atoms with van der Waals surface area (Å²) >= 11 is 6.82. The number of carbonyl (C=O) groups is 1. The quantitative estimate of drug-likeness (QED) is 0.205. The van der Waals surface area contributed by atoms with Gasteiger partial charge in [-0.2, -0.15) is 23.4 Å². The first kappa shape index (κ1) is 31.1. The molecule has 0 fully saturated rings. The van der Waals surface area contributed by atoms with Gasteiger partial charge in [-0.05, 0) is 24.3 Å². The Morgan fingerprint density at radius 2 is 1.74 bits per heavy atom. The zero-order valence-electron chi connectivity index (χ0n) is 21.5. The van der Waals surface area contributed by atoms with Gasteiger partial charge in [0.2, 0.25) is 14.2 Å². The van der Waals surface area contributed by atoms with E-state index in [4.69, 9.17) is 21.4 Å². The number of nitrogens with one attached hydrogen (secondary N) is 1. The highest BCUT2D eigenvalue weighted by atomic mass is 35.5. The number of hydrogen-bond donors (Lipinski definition) is 2. The minimum Gasteiger partial charge on any atom is -0.465 e. The van der Waals surface area contributed by atoms with Crippen LogP contribution in [-0.2, 0) is 21.4 Å². The van der Waals surface area contributed by atoms with Gasteiger partial charge in [-0.25, -0.2) is 27.0 Å². The predicted octanol–water partition coefficient (Wildman–Crippen LogP) is 7.56. The van der Waals surface area contributed by atoms with Crippen LogP contribution in [0.5, 0.6) is 11.5 Å². The second-order valence-electron chi connectivity index (χ2n) is 9.61. The van der Waals surface area contributed by atoms with Crippen LogP contribution in [0.15, 0.2) is 52.0 Å². The van der Waals surface area contributed by atoms with Crippen molar-refractivity contribution in [2.24, 2.45) is 0 Å². The molecule has 0 unspecified atom stereocenters. The highest BCUT2D eigenvalue weighted by Crippen LogP contribution is 2.44. The lowest BCUT2D eigenvalue weighted by molar-refractivity contribution is -0.140. The van der Waals surface area contributed by atoms with Crippen LogP contribution in [0.1, 0.15) is 31.2 Å². The van der Waals surface area contributed by atoms with E-state index in [-0.39, 0.29) is 21.8 Å². The number of benzene rings is 2. The number of aromatic nitrogens is 3. The molecule has 1 amide bonds. The number of rotatable bonds is 6. The Hall–Kier alpha value is -3.89. The Morgan fingerprint density at radius 1 is 1.05 bits per heavy atom. The number of amides is 1. The van der Waals surface area contributed by atoms with Crippen molar-refractivity contribution in [3.05, 3.63) is 69.8 Å². The van der Waals surface area contributed by atoms with E-state index in [0.717, 1.165) is 6.20 Å². The van der Waals surface area contributed by atoms with E-state index in [1.165, 1.54) is 12.3 Å². The number of nitrogens with zero attached hydrogens (tertiary/aromatic N) is 3. The summed E-state index contributed by atoms with van der Waals surface area (Å²) in [7, 11) is -4.72. The molecule has 0 saturated carbocycles. The van der Waals surface area contributed by atoms with Gasteiger partial charge in [0.05, 0.1) is 27.9 Å². The minimum absolute atomic E-state index is 0.104. The van der Waals surface area contributed by atoms with Crippen molar-refractivity contribution in [3.8, 4) is 22.6 Å². The van der Waals surface area contributed by atoms with Crippen LogP contribution in [0.3, 0.4) is 0 Å². The Morgan fingerprint density at radius 3 is 2.31 bits per heavy atom. The van der Waals surface area contributed by atoms with Gasteiger partial charge in [0.1, 0.15) is 28.0 Å². The molecular formula is C25H18ClF5N4O5S2. The molecule has 0 atom stereocenters. The Kier molecular flexibility index (Phi) is 8.19. The van der Waals surface area contributed by atoms with Crippen LogP contribution in [0, 0.1) is 11.6 Å². The number of thiazole rings is 1. The number of carboxylic acid groups (broad SMARTS) is 1. The molecule has 222 valence electrons. The van der Waals surface area contributed by atoms with Gasteiger partial charge in [-0.15, -0.1) is 11.3 Å². The zero-order valence-corrected chi connectivity index (χ0v) is 23.9. The molecule has 9 nitrogen and oxygen atoms in total. The summed E-state index contributed by atoms with van der Waals surface area (Å²) in [5, 5.41) is 17.8. The lowest BCUT2D eigenvalue weighted by atomic mass is 9.95. The molecule has 2 heterocycles. The predicted molar refractivity (Wildman–Crippen MR) is 142 cm³/mol. The van der Waals surface area contributed by atoms with Crippen molar-refractivity contribution >= 4 is 44.7 Å². The average molecular weight is 649 g/mol. The van der Waals surface area contributed by atoms with Gasteiger partial charge < -0.3 is 9.84 Å². The molecule has 0 bridgehead atoms. The van der Waals surface area contributed by atoms with E-state index in [0.29, 0.717) is 35.6 Å². The molecule has 17 heteroatoms. The fourth-order valence-corrected chi connectivity index (χ4v) is 6.67. The lowest BCUT2D eigenvalue weighted by Gasteiger charge is -2.17. The van der Waals surface area contributed by atoms with Crippen LogP contribution in [-0.4, -0.2) is 34.8 Å². The van der Waals surface area contributed by atoms with Crippen molar-refractivity contribution in [2.75, 3.05) is 5.32 Å². The van der Waals surface area contributed by atoms with E-state index in [2.05, 4.69) is 15.2 Å². The lowest BCUT2D eigenvalue weighted by Crippen LogP contribution is -2.15. The minimum atomic E-state index is -5.11. The van der Waals surface area contributed by atoms with E-state index >= 15 is 4.39 Å². The molecular weight excluding hydrogens is 631 g/mol. The molecule has 2 aromatic heterocycles. The SMILES string of the molecule is CC(C)(C)c1sc(S(=O)(=O)c2cc(Cl)c(Oc3cc(C(F)(F)F)c(F)cc3-c3ccnnc3)cc2F)nc1NC(=O)O. The van der Waals surface area contributed by atoms with E-state index in [1.807, 2.05) is 5.32 Å². The number of anilines is 1. The van der Waals surface area contributed by atoms with Crippen LogP contribution in [0.2, 0.25) is 5.02 Å². The Labute approximate surface area is 243 Å². The molecule has 2 N–H and O–H groups in total. The van der Waals surface area contributed by atoms with Gasteiger partial charge in [-0.1, -0.05) is 32.4 Å². The summed E-state index contributed by atoms with van der Waals surface area (Å²) in [5.41, 5.74) is -2.53. The van der Waals surface area contributed by atoms with Crippen molar-refractivity contribution in [3.63, 3.8) is 0 Å². The van der Waals surface area contributed by atoms with Crippen molar-refractivity contribution in [1.82, 2.24) is 15.2 Å². The maximum absolute atomic E-state index is 15.3. The third kappa shape index (κ3) is 6.29. The van der Waals surface area contributed by atoms with Crippen molar-refractivity contribution < 1.29 is 45.0 Å². The fourth-order valence-electron chi connectivity index (χ4n) is 3.65. The highest BCUT2D eigenvalue weighted by molar-refractivity contribution is 7.93. The third-order valence-corrected chi connectivity index (χ3v) is 9.43. The van der Waals surface area contributed by atoms with Crippen molar-refractivity contribution in [1.29, 1.82) is 0 Å². The standard InChI is InChI=1S/C25H18ClF5N4O5S2/c1-24(2,3)20-21(34-22(36)37)35-23(41-20)42(38,39)19-8-14(26)18(9-16(19)28)40-17-7-13(25(29,30)31)15(27)6-12(17)11-4-5-32-33-10-11/h4-10,34H,1-3H3,(H,36,37). The molecule has 0 aliphatic heterocycles. The van der Waals surface area contributed by atoms with Gasteiger partial charge in [0, 0.05) is 22.6 Å². The topological polar surface area (TPSA) is 131 Å². The number of alkyl halides is 3. The van der Waals surface area contributed by atoms with Crippen LogP contribution in [0.25, 0.3) is 11.1 Å². The molecule has 2 aromatic carbocycles. The van der Waals surface area contributed by atoms with Crippen molar-refractivity contribution in [2.45, 2.75) is 41.6 Å². The molecule has 4 aromatic rings.